The van der Waals surface area contributed by atoms with Crippen LogP contribution < -0.4 is 4.90 Å². The Labute approximate surface area is 163 Å². The van der Waals surface area contributed by atoms with E-state index in [2.05, 4.69) is 16.9 Å². The second-order valence-electron chi connectivity index (χ2n) is 7.24. The fraction of sp³-hybridized carbons (Fsp3) is 0.400. The van der Waals surface area contributed by atoms with Gasteiger partial charge in [-0.3, -0.25) is 9.59 Å². The Balaban J connectivity index is 1.53. The number of hydrogen-bond donors (Lipinski definition) is 0. The second-order valence-corrected chi connectivity index (χ2v) is 7.24. The number of anilines is 1. The van der Waals surface area contributed by atoms with Crippen molar-refractivity contribution >= 4 is 17.5 Å². The molecule has 1 fully saturated rings. The lowest BCUT2D eigenvalue weighted by atomic mass is 9.89. The van der Waals surface area contributed by atoms with Gasteiger partial charge in [0.1, 0.15) is 5.60 Å². The van der Waals surface area contributed by atoms with Crippen LogP contribution >= 0.6 is 0 Å². The molecule has 1 aromatic carbocycles. The number of carbonyl (C=O) groups excluding carboxylic acids is 2. The summed E-state index contributed by atoms with van der Waals surface area (Å²) >= 11 is 0. The number of carbonyl (C=O) groups is 2. The molecule has 146 valence electrons. The maximum atomic E-state index is 13.0. The maximum Gasteiger partial charge on any atom is 0.254 e. The molecule has 0 unspecified atom stereocenters. The van der Waals surface area contributed by atoms with Crippen molar-refractivity contribution in [2.45, 2.75) is 18.4 Å². The van der Waals surface area contributed by atoms with Gasteiger partial charge in [-0.25, -0.2) is 4.68 Å². The van der Waals surface area contributed by atoms with E-state index in [-0.39, 0.29) is 11.8 Å². The fourth-order valence-electron chi connectivity index (χ4n) is 4.06. The fourth-order valence-corrected chi connectivity index (χ4v) is 4.06. The molecular formula is C20H23N5O3. The zero-order chi connectivity index (χ0) is 19.9. The zero-order valence-electron chi connectivity index (χ0n) is 16.1. The highest BCUT2D eigenvalue weighted by molar-refractivity contribution is 6.02. The minimum atomic E-state index is -0.574. The highest BCUT2D eigenvalue weighted by atomic mass is 16.5. The van der Waals surface area contributed by atoms with E-state index >= 15 is 0 Å². The van der Waals surface area contributed by atoms with Gasteiger partial charge in [0.25, 0.3) is 5.91 Å². The molecule has 3 heterocycles. The summed E-state index contributed by atoms with van der Waals surface area (Å²) in [7, 11) is 3.45. The SMILES string of the molecule is C=CC(=O)N1CCCc2cc(C(=O)N3CC(OC)(c4cnnn4C)C3)ccc21. The van der Waals surface area contributed by atoms with Gasteiger partial charge in [-0.05, 0) is 42.7 Å². The van der Waals surface area contributed by atoms with E-state index in [0.29, 0.717) is 25.2 Å². The smallest absolute Gasteiger partial charge is 0.254 e. The van der Waals surface area contributed by atoms with Crippen LogP contribution in [0.15, 0.2) is 37.1 Å². The predicted octanol–water partition coefficient (Wildman–Crippen LogP) is 1.28. The number of hydrogen-bond acceptors (Lipinski definition) is 5. The van der Waals surface area contributed by atoms with E-state index in [4.69, 9.17) is 4.74 Å². The molecule has 0 aliphatic carbocycles. The van der Waals surface area contributed by atoms with Crippen LogP contribution in [0, 0.1) is 0 Å². The first-order valence-corrected chi connectivity index (χ1v) is 9.25. The standard InChI is InChI=1S/C20H23N5O3/c1-4-18(26)25-9-5-6-14-10-15(7-8-16(14)25)19(27)24-12-20(13-24,28-3)17-11-21-22-23(17)2/h4,7-8,10-11H,1,5-6,9,12-13H2,2-3H3. The predicted molar refractivity (Wildman–Crippen MR) is 103 cm³/mol. The summed E-state index contributed by atoms with van der Waals surface area (Å²) in [6.45, 7) is 5.14. The van der Waals surface area contributed by atoms with Crippen LogP contribution in [0.3, 0.4) is 0 Å². The van der Waals surface area contributed by atoms with Gasteiger partial charge < -0.3 is 14.5 Å². The number of rotatable bonds is 4. The van der Waals surface area contributed by atoms with Gasteiger partial charge in [-0.15, -0.1) is 5.10 Å². The molecule has 1 saturated heterocycles. The number of likely N-dealkylation sites (tertiary alicyclic amines) is 1. The van der Waals surface area contributed by atoms with Gasteiger partial charge in [0.2, 0.25) is 5.91 Å². The molecule has 28 heavy (non-hydrogen) atoms. The van der Waals surface area contributed by atoms with Crippen LogP contribution in [-0.4, -0.2) is 58.5 Å². The van der Waals surface area contributed by atoms with E-state index in [9.17, 15) is 9.59 Å². The van der Waals surface area contributed by atoms with Crippen molar-refractivity contribution in [1.82, 2.24) is 19.9 Å². The van der Waals surface area contributed by atoms with E-state index in [1.807, 2.05) is 19.2 Å². The van der Waals surface area contributed by atoms with Gasteiger partial charge in [-0.1, -0.05) is 11.8 Å². The van der Waals surface area contributed by atoms with Crippen molar-refractivity contribution in [2.75, 3.05) is 31.6 Å². The van der Waals surface area contributed by atoms with Crippen LogP contribution in [0.25, 0.3) is 0 Å². The van der Waals surface area contributed by atoms with Crippen molar-refractivity contribution in [3.63, 3.8) is 0 Å². The van der Waals surface area contributed by atoms with Crippen molar-refractivity contribution in [2.24, 2.45) is 7.05 Å². The van der Waals surface area contributed by atoms with E-state index in [0.717, 1.165) is 29.8 Å². The number of amides is 2. The molecule has 2 aromatic rings. The first-order chi connectivity index (χ1) is 13.5. The Morgan fingerprint density at radius 2 is 2.11 bits per heavy atom. The van der Waals surface area contributed by atoms with E-state index in [1.165, 1.54) is 6.08 Å². The Bertz CT molecular complexity index is 945. The van der Waals surface area contributed by atoms with E-state index in [1.54, 1.807) is 33.9 Å². The Morgan fingerprint density at radius 1 is 1.32 bits per heavy atom. The number of benzene rings is 1. The summed E-state index contributed by atoms with van der Waals surface area (Å²) in [5.74, 6) is -0.157. The number of ether oxygens (including phenoxy) is 1. The lowest BCUT2D eigenvalue weighted by Crippen LogP contribution is -2.62. The first kappa shape index (κ1) is 18.4. The molecule has 1 aromatic heterocycles. The second kappa shape index (κ2) is 6.87. The third-order valence-corrected chi connectivity index (χ3v) is 5.64. The lowest BCUT2D eigenvalue weighted by Gasteiger charge is -2.48. The van der Waals surface area contributed by atoms with Gasteiger partial charge in [-0.2, -0.15) is 0 Å². The molecule has 0 N–H and O–H groups in total. The van der Waals surface area contributed by atoms with Crippen LogP contribution in [0.5, 0.6) is 0 Å². The van der Waals surface area contributed by atoms with Crippen molar-refractivity contribution in [3.8, 4) is 0 Å². The zero-order valence-corrected chi connectivity index (χ0v) is 16.1. The van der Waals surface area contributed by atoms with Crippen molar-refractivity contribution < 1.29 is 14.3 Å². The number of aryl methyl sites for hydroxylation is 2. The first-order valence-electron chi connectivity index (χ1n) is 9.25. The van der Waals surface area contributed by atoms with Crippen LogP contribution in [-0.2, 0) is 28.6 Å². The van der Waals surface area contributed by atoms with Gasteiger partial charge in [0.05, 0.1) is 25.0 Å². The van der Waals surface area contributed by atoms with Crippen LogP contribution in [0.4, 0.5) is 5.69 Å². The van der Waals surface area contributed by atoms with E-state index < -0.39 is 5.60 Å². The average Bonchev–Trinajstić information content (AvgIpc) is 3.12. The van der Waals surface area contributed by atoms with Gasteiger partial charge in [0.15, 0.2) is 0 Å². The van der Waals surface area contributed by atoms with Crippen molar-refractivity contribution in [3.05, 3.63) is 53.9 Å². The quantitative estimate of drug-likeness (QED) is 0.746. The highest BCUT2D eigenvalue weighted by Gasteiger charge is 2.49. The maximum absolute atomic E-state index is 13.0. The van der Waals surface area contributed by atoms with Gasteiger partial charge in [0, 0.05) is 32.0 Å². The number of nitrogens with zero attached hydrogens (tertiary/aromatic N) is 5. The summed E-state index contributed by atoms with van der Waals surface area (Å²) in [5, 5.41) is 7.87. The number of fused-ring (bicyclic) bond motifs is 1. The highest BCUT2D eigenvalue weighted by Crippen LogP contribution is 2.36. The lowest BCUT2D eigenvalue weighted by molar-refractivity contribution is -0.119. The van der Waals surface area contributed by atoms with Crippen LogP contribution in [0.1, 0.15) is 28.0 Å². The number of methoxy groups -OCH3 is 1. The molecule has 0 radical (unpaired) electrons. The molecule has 0 atom stereocenters. The Kier molecular flexibility index (Phi) is 4.50. The molecule has 8 nitrogen and oxygen atoms in total. The average molecular weight is 381 g/mol. The summed E-state index contributed by atoms with van der Waals surface area (Å²) in [6, 6.07) is 5.55. The molecule has 4 rings (SSSR count). The minimum Gasteiger partial charge on any atom is -0.368 e. The number of aromatic nitrogens is 3. The van der Waals surface area contributed by atoms with Crippen molar-refractivity contribution in [1.29, 1.82) is 0 Å². The largest absolute Gasteiger partial charge is 0.368 e. The molecule has 2 aliphatic heterocycles. The summed E-state index contributed by atoms with van der Waals surface area (Å²) in [5.41, 5.74) is 2.78. The summed E-state index contributed by atoms with van der Waals surface area (Å²) < 4.78 is 7.39. The Morgan fingerprint density at radius 3 is 2.75 bits per heavy atom. The third kappa shape index (κ3) is 2.80. The van der Waals surface area contributed by atoms with Crippen LogP contribution in [0.2, 0.25) is 0 Å². The molecular weight excluding hydrogens is 358 g/mol. The molecule has 2 amide bonds. The molecule has 8 heteroatoms. The Hall–Kier alpha value is -3.00. The molecule has 0 saturated carbocycles. The minimum absolute atomic E-state index is 0.0437. The monoisotopic (exact) mass is 381 g/mol. The molecule has 0 spiro atoms. The topological polar surface area (TPSA) is 80.6 Å². The summed E-state index contributed by atoms with van der Waals surface area (Å²) in [6.07, 6.45) is 4.72. The summed E-state index contributed by atoms with van der Waals surface area (Å²) in [4.78, 5) is 28.5. The van der Waals surface area contributed by atoms with Gasteiger partial charge >= 0.3 is 0 Å². The third-order valence-electron chi connectivity index (χ3n) is 5.64. The molecule has 2 aliphatic rings. The molecule has 0 bridgehead atoms. The normalized spacial score (nSPS) is 17.6.